The molecule has 2 aromatic rings. The molecule has 0 bridgehead atoms. The van der Waals surface area contributed by atoms with Gasteiger partial charge in [0.15, 0.2) is 0 Å². The molecule has 1 N–H and O–H groups in total. The lowest BCUT2D eigenvalue weighted by Gasteiger charge is -2.09. The summed E-state index contributed by atoms with van der Waals surface area (Å²) in [5.41, 5.74) is -1.53. The van der Waals surface area contributed by atoms with E-state index in [0.29, 0.717) is 18.0 Å². The Morgan fingerprint density at radius 2 is 1.21 bits per heavy atom. The van der Waals surface area contributed by atoms with Crippen molar-refractivity contribution in [3.63, 3.8) is 0 Å². The minimum absolute atomic E-state index is 0.235. The standard InChI is InChI=1S/C9H8BrF3O.C7H5F3O.C2H4Br2/c10-4-5-14-8-3-1-2-7(6-8)9(11,12)13;8-7(9,10)5-2-1-3-6(11)4-5;3-1-2-4/h1-3,6H,4-5H2;1-4,11H;1-2H2. The zero-order valence-electron chi connectivity index (χ0n) is 14.7. The second-order valence-electron chi connectivity index (χ2n) is 4.99. The molecule has 0 spiro atoms. The predicted molar refractivity (Wildman–Crippen MR) is 111 cm³/mol. The Kier molecular flexibility index (Phi) is 13.7. The van der Waals surface area contributed by atoms with Gasteiger partial charge in [0, 0.05) is 16.0 Å². The molecule has 29 heavy (non-hydrogen) atoms. The molecular weight excluding hydrogens is 602 g/mol. The predicted octanol–water partition coefficient (Wildman–Crippen LogP) is 7.67. The van der Waals surface area contributed by atoms with Gasteiger partial charge in [-0.15, -0.1) is 0 Å². The first kappa shape index (κ1) is 28.1. The van der Waals surface area contributed by atoms with Crippen LogP contribution in [0.5, 0.6) is 11.5 Å². The largest absolute Gasteiger partial charge is 0.508 e. The van der Waals surface area contributed by atoms with Gasteiger partial charge in [0.2, 0.25) is 0 Å². The molecule has 2 rings (SSSR count). The van der Waals surface area contributed by atoms with Crippen LogP contribution in [-0.2, 0) is 12.4 Å². The Balaban J connectivity index is 0.000000466. The molecule has 0 aliphatic heterocycles. The van der Waals surface area contributed by atoms with Crippen molar-refractivity contribution < 1.29 is 36.2 Å². The van der Waals surface area contributed by atoms with Gasteiger partial charge in [-0.2, -0.15) is 26.3 Å². The molecule has 0 fully saturated rings. The lowest BCUT2D eigenvalue weighted by Crippen LogP contribution is -2.05. The Morgan fingerprint density at radius 3 is 1.59 bits per heavy atom. The average Bonchev–Trinajstić information content (AvgIpc) is 2.66. The summed E-state index contributed by atoms with van der Waals surface area (Å²) in [5, 5.41) is 11.4. The van der Waals surface area contributed by atoms with Crippen LogP contribution in [-0.4, -0.2) is 27.7 Å². The number of alkyl halides is 9. The van der Waals surface area contributed by atoms with Crippen molar-refractivity contribution in [1.29, 1.82) is 0 Å². The number of rotatable bonds is 4. The van der Waals surface area contributed by atoms with E-state index in [2.05, 4.69) is 47.8 Å². The lowest BCUT2D eigenvalue weighted by molar-refractivity contribution is -0.138. The molecule has 0 heterocycles. The van der Waals surface area contributed by atoms with E-state index in [1.54, 1.807) is 0 Å². The summed E-state index contributed by atoms with van der Waals surface area (Å²) < 4.78 is 77.3. The van der Waals surface area contributed by atoms with Crippen molar-refractivity contribution >= 4 is 47.8 Å². The zero-order chi connectivity index (χ0) is 22.5. The van der Waals surface area contributed by atoms with Crippen molar-refractivity contribution in [2.45, 2.75) is 12.4 Å². The molecule has 0 aromatic heterocycles. The quantitative estimate of drug-likeness (QED) is 0.282. The van der Waals surface area contributed by atoms with Crippen LogP contribution in [0.1, 0.15) is 11.1 Å². The summed E-state index contributed by atoms with van der Waals surface area (Å²) in [6.07, 6.45) is -8.69. The number of phenolic OH excluding ortho intramolecular Hbond substituents is 1. The zero-order valence-corrected chi connectivity index (χ0v) is 19.5. The molecule has 0 unspecified atom stereocenters. The molecule has 2 nitrogen and oxygen atoms in total. The molecule has 0 saturated heterocycles. The van der Waals surface area contributed by atoms with Gasteiger partial charge < -0.3 is 9.84 Å². The first-order chi connectivity index (χ1) is 13.5. The second kappa shape index (κ2) is 14.1. The monoisotopic (exact) mass is 616 g/mol. The number of phenols is 1. The van der Waals surface area contributed by atoms with Gasteiger partial charge in [-0.1, -0.05) is 59.9 Å². The fourth-order valence-corrected chi connectivity index (χ4v) is 1.76. The SMILES string of the molecule is BrCCBr.FC(F)(F)c1cccc(OCCBr)c1.Oc1cccc(C(F)(F)F)c1. The molecular formula is C18H17Br3F6O2. The maximum Gasteiger partial charge on any atom is 0.416 e. The number of aromatic hydroxyl groups is 1. The van der Waals surface area contributed by atoms with E-state index < -0.39 is 23.5 Å². The number of halogens is 9. The van der Waals surface area contributed by atoms with Crippen LogP contribution in [0.4, 0.5) is 26.3 Å². The molecule has 0 aliphatic carbocycles. The van der Waals surface area contributed by atoms with E-state index in [9.17, 15) is 26.3 Å². The molecule has 2 aromatic carbocycles. The summed E-state index contributed by atoms with van der Waals surface area (Å²) in [6, 6.07) is 8.75. The maximum absolute atomic E-state index is 12.2. The van der Waals surface area contributed by atoms with E-state index in [4.69, 9.17) is 9.84 Å². The third-order valence-electron chi connectivity index (χ3n) is 2.75. The first-order valence-corrected chi connectivity index (χ1v) is 11.2. The van der Waals surface area contributed by atoms with Crippen LogP contribution >= 0.6 is 47.8 Å². The van der Waals surface area contributed by atoms with Crippen molar-refractivity contribution in [1.82, 2.24) is 0 Å². The normalized spacial score (nSPS) is 10.9. The Labute approximate surface area is 189 Å². The van der Waals surface area contributed by atoms with Crippen LogP contribution in [0.3, 0.4) is 0 Å². The summed E-state index contributed by atoms with van der Waals surface area (Å²) in [7, 11) is 0. The van der Waals surface area contributed by atoms with E-state index >= 15 is 0 Å². The van der Waals surface area contributed by atoms with Crippen molar-refractivity contribution in [2.24, 2.45) is 0 Å². The van der Waals surface area contributed by atoms with Crippen LogP contribution in [0.2, 0.25) is 0 Å². The van der Waals surface area contributed by atoms with E-state index in [1.165, 1.54) is 18.2 Å². The maximum atomic E-state index is 12.2. The number of ether oxygens (including phenoxy) is 1. The van der Waals surface area contributed by atoms with Crippen molar-refractivity contribution in [3.8, 4) is 11.5 Å². The summed E-state index contributed by atoms with van der Waals surface area (Å²) >= 11 is 9.52. The van der Waals surface area contributed by atoms with Gasteiger partial charge in [-0.25, -0.2) is 0 Å². The summed E-state index contributed by atoms with van der Waals surface area (Å²) in [5.74, 6) is -0.140. The van der Waals surface area contributed by atoms with Crippen molar-refractivity contribution in [2.75, 3.05) is 22.6 Å². The van der Waals surface area contributed by atoms with Crippen molar-refractivity contribution in [3.05, 3.63) is 59.7 Å². The molecule has 0 atom stereocenters. The highest BCUT2D eigenvalue weighted by Gasteiger charge is 2.31. The van der Waals surface area contributed by atoms with Gasteiger partial charge in [0.1, 0.15) is 11.5 Å². The Morgan fingerprint density at radius 1 is 0.724 bits per heavy atom. The fourth-order valence-electron chi connectivity index (χ4n) is 1.60. The number of benzene rings is 2. The minimum atomic E-state index is -4.38. The van der Waals surface area contributed by atoms with Gasteiger partial charge >= 0.3 is 12.4 Å². The first-order valence-electron chi connectivity index (χ1n) is 7.79. The van der Waals surface area contributed by atoms with Crippen LogP contribution in [0.25, 0.3) is 0 Å². The highest BCUT2D eigenvalue weighted by atomic mass is 79.9. The highest BCUT2D eigenvalue weighted by molar-refractivity contribution is 9.12. The third kappa shape index (κ3) is 13.1. The van der Waals surface area contributed by atoms with Gasteiger partial charge in [0.25, 0.3) is 0 Å². The minimum Gasteiger partial charge on any atom is -0.508 e. The van der Waals surface area contributed by atoms with E-state index in [1.807, 2.05) is 0 Å². The topological polar surface area (TPSA) is 29.5 Å². The molecule has 0 saturated carbocycles. The highest BCUT2D eigenvalue weighted by Crippen LogP contribution is 2.31. The molecule has 11 heteroatoms. The van der Waals surface area contributed by atoms with Gasteiger partial charge in [-0.05, 0) is 36.4 Å². The van der Waals surface area contributed by atoms with Gasteiger partial charge in [0.05, 0.1) is 17.7 Å². The van der Waals surface area contributed by atoms with Crippen LogP contribution < -0.4 is 4.74 Å². The van der Waals surface area contributed by atoms with E-state index in [0.717, 1.165) is 34.9 Å². The van der Waals surface area contributed by atoms with Gasteiger partial charge in [-0.3, -0.25) is 0 Å². The Bertz CT molecular complexity index is 706. The lowest BCUT2D eigenvalue weighted by atomic mass is 10.2. The molecule has 164 valence electrons. The second-order valence-corrected chi connectivity index (χ2v) is 7.37. The Hall–Kier alpha value is -0.940. The molecule has 0 amide bonds. The third-order valence-corrected chi connectivity index (χ3v) is 4.93. The average molecular weight is 619 g/mol. The number of hydrogen-bond acceptors (Lipinski definition) is 2. The summed E-state index contributed by atoms with van der Waals surface area (Å²) in [4.78, 5) is 0. The fraction of sp³-hybridized carbons (Fsp3) is 0.333. The molecule has 0 radical (unpaired) electrons. The molecule has 0 aliphatic rings. The summed E-state index contributed by atoms with van der Waals surface area (Å²) in [6.45, 7) is 0.349. The number of hydrogen-bond donors (Lipinski definition) is 1. The van der Waals surface area contributed by atoms with Crippen LogP contribution in [0, 0.1) is 0 Å². The van der Waals surface area contributed by atoms with Crippen LogP contribution in [0.15, 0.2) is 48.5 Å². The smallest absolute Gasteiger partial charge is 0.416 e. The van der Waals surface area contributed by atoms with E-state index in [-0.39, 0.29) is 11.5 Å².